The van der Waals surface area contributed by atoms with E-state index in [9.17, 15) is 19.8 Å². The molecule has 4 aliphatic carbocycles. The minimum Gasteiger partial charge on any atom is -0.394 e. The maximum Gasteiger partial charge on any atom is 0.163 e. The van der Waals surface area contributed by atoms with Crippen molar-refractivity contribution >= 4 is 11.6 Å². The van der Waals surface area contributed by atoms with Crippen molar-refractivity contribution in [3.8, 4) is 0 Å². The first-order valence-corrected chi connectivity index (χ1v) is 9.59. The molecule has 0 radical (unpaired) electrons. The van der Waals surface area contributed by atoms with Gasteiger partial charge in [0, 0.05) is 0 Å². The Balaban J connectivity index is 1.75. The number of hydrogen-bond donors (Lipinski definition) is 2. The fourth-order valence-corrected chi connectivity index (χ4v) is 6.53. The van der Waals surface area contributed by atoms with E-state index in [0.717, 1.165) is 37.7 Å². The molecule has 6 atom stereocenters. The van der Waals surface area contributed by atoms with Gasteiger partial charge in [0.25, 0.3) is 0 Å². The summed E-state index contributed by atoms with van der Waals surface area (Å²) in [5.41, 5.74) is 1.63. The minimum atomic E-state index is -0.659. The van der Waals surface area contributed by atoms with E-state index in [-0.39, 0.29) is 35.9 Å². The standard InChI is InChI=1S/C21H28O4/c1-20-8-7-16-14(15(20)5-6-17(20)18(24)11-22)4-3-12-9-13(23)10-19(25)21(12,16)2/h7,9,14-15,17-18,22,24H,3-6,8,10-11H2,1-2H3/t14-,15-,17+,18?,20-,21-/m0/s1. The predicted octanol–water partition coefficient (Wildman–Crippen LogP) is 2.59. The Kier molecular flexibility index (Phi) is 3.86. The second-order valence-electron chi connectivity index (χ2n) is 8.92. The molecule has 2 fully saturated rings. The molecular formula is C21H28O4. The van der Waals surface area contributed by atoms with E-state index in [1.165, 1.54) is 5.57 Å². The van der Waals surface area contributed by atoms with Crippen LogP contribution >= 0.6 is 0 Å². The van der Waals surface area contributed by atoms with E-state index in [0.29, 0.717) is 11.8 Å². The van der Waals surface area contributed by atoms with Crippen LogP contribution in [0.3, 0.4) is 0 Å². The highest BCUT2D eigenvalue weighted by Gasteiger charge is 2.58. The highest BCUT2D eigenvalue weighted by molar-refractivity contribution is 6.12. The van der Waals surface area contributed by atoms with Crippen molar-refractivity contribution in [2.45, 2.75) is 58.5 Å². The van der Waals surface area contributed by atoms with Gasteiger partial charge in [0.2, 0.25) is 0 Å². The highest BCUT2D eigenvalue weighted by atomic mass is 16.3. The van der Waals surface area contributed by atoms with Gasteiger partial charge in [-0.3, -0.25) is 9.59 Å². The minimum absolute atomic E-state index is 0.0125. The van der Waals surface area contributed by atoms with Crippen molar-refractivity contribution in [1.29, 1.82) is 0 Å². The summed E-state index contributed by atoms with van der Waals surface area (Å²) in [6.07, 6.45) is 7.95. The van der Waals surface area contributed by atoms with Crippen LogP contribution in [-0.4, -0.2) is 34.5 Å². The summed E-state index contributed by atoms with van der Waals surface area (Å²) in [7, 11) is 0. The molecule has 0 aromatic heterocycles. The fraction of sp³-hybridized carbons (Fsp3) is 0.714. The lowest BCUT2D eigenvalue weighted by Crippen LogP contribution is -2.49. The van der Waals surface area contributed by atoms with Gasteiger partial charge >= 0.3 is 0 Å². The SMILES string of the molecule is C[C@]12C(=O)CC(=O)C=C1CC[C@@H]1C2=CC[C@]2(C)[C@@H](C(O)CO)CC[C@@H]12. The van der Waals surface area contributed by atoms with Crippen molar-refractivity contribution in [2.75, 3.05) is 6.61 Å². The second-order valence-corrected chi connectivity index (χ2v) is 8.92. The average Bonchev–Trinajstić information content (AvgIpc) is 2.93. The topological polar surface area (TPSA) is 74.6 Å². The Morgan fingerprint density at radius 2 is 2.00 bits per heavy atom. The third-order valence-corrected chi connectivity index (χ3v) is 7.95. The second kappa shape index (κ2) is 5.62. The van der Waals surface area contributed by atoms with Crippen molar-refractivity contribution in [1.82, 2.24) is 0 Å². The fourth-order valence-electron chi connectivity index (χ4n) is 6.53. The van der Waals surface area contributed by atoms with Crippen LogP contribution in [-0.2, 0) is 9.59 Å². The summed E-state index contributed by atoms with van der Waals surface area (Å²) in [5, 5.41) is 19.7. The van der Waals surface area contributed by atoms with Gasteiger partial charge in [-0.15, -0.1) is 0 Å². The molecule has 136 valence electrons. The highest BCUT2D eigenvalue weighted by Crippen LogP contribution is 2.64. The van der Waals surface area contributed by atoms with Crippen LogP contribution in [0.15, 0.2) is 23.3 Å². The number of rotatable bonds is 2. The number of ketones is 2. The van der Waals surface area contributed by atoms with Crippen molar-refractivity contribution in [3.05, 3.63) is 23.3 Å². The Hall–Kier alpha value is -1.26. The molecule has 0 aliphatic heterocycles. The molecule has 4 rings (SSSR count). The van der Waals surface area contributed by atoms with Crippen LogP contribution in [0.25, 0.3) is 0 Å². The van der Waals surface area contributed by atoms with Crippen LogP contribution in [0, 0.1) is 28.6 Å². The van der Waals surface area contributed by atoms with E-state index >= 15 is 0 Å². The summed E-state index contributed by atoms with van der Waals surface area (Å²) >= 11 is 0. The van der Waals surface area contributed by atoms with Crippen LogP contribution in [0.4, 0.5) is 0 Å². The van der Waals surface area contributed by atoms with Gasteiger partial charge in [0.05, 0.1) is 24.5 Å². The quantitative estimate of drug-likeness (QED) is 0.596. The van der Waals surface area contributed by atoms with Crippen LogP contribution in [0.1, 0.15) is 52.4 Å². The predicted molar refractivity (Wildman–Crippen MR) is 93.7 cm³/mol. The Labute approximate surface area is 149 Å². The summed E-state index contributed by atoms with van der Waals surface area (Å²) < 4.78 is 0. The number of aliphatic hydroxyl groups excluding tert-OH is 2. The molecule has 2 N–H and O–H groups in total. The van der Waals surface area contributed by atoms with Crippen molar-refractivity contribution in [2.24, 2.45) is 28.6 Å². The van der Waals surface area contributed by atoms with Crippen LogP contribution in [0.2, 0.25) is 0 Å². The van der Waals surface area contributed by atoms with E-state index in [1.54, 1.807) is 6.08 Å². The lowest BCUT2D eigenvalue weighted by Gasteiger charge is -2.53. The van der Waals surface area contributed by atoms with Gasteiger partial charge in [-0.25, -0.2) is 0 Å². The van der Waals surface area contributed by atoms with Gasteiger partial charge in [0.1, 0.15) is 0 Å². The summed E-state index contributed by atoms with van der Waals surface area (Å²) in [5.74, 6) is 0.925. The molecule has 0 aromatic carbocycles. The van der Waals surface area contributed by atoms with E-state index in [2.05, 4.69) is 13.0 Å². The number of hydrogen-bond acceptors (Lipinski definition) is 4. The van der Waals surface area contributed by atoms with Crippen molar-refractivity contribution < 1.29 is 19.8 Å². The molecule has 1 unspecified atom stereocenters. The molecule has 4 heteroatoms. The molecule has 2 saturated carbocycles. The lowest BCUT2D eigenvalue weighted by molar-refractivity contribution is -0.131. The van der Waals surface area contributed by atoms with Gasteiger partial charge < -0.3 is 10.2 Å². The van der Waals surface area contributed by atoms with E-state index in [4.69, 9.17) is 0 Å². The summed E-state index contributed by atoms with van der Waals surface area (Å²) in [6, 6.07) is 0. The first kappa shape index (κ1) is 17.2. The Morgan fingerprint density at radius 1 is 1.24 bits per heavy atom. The smallest absolute Gasteiger partial charge is 0.163 e. The molecule has 0 aromatic rings. The summed E-state index contributed by atoms with van der Waals surface area (Å²) in [4.78, 5) is 24.7. The molecule has 4 nitrogen and oxygen atoms in total. The monoisotopic (exact) mass is 344 g/mol. The maximum atomic E-state index is 12.8. The van der Waals surface area contributed by atoms with Crippen molar-refractivity contribution in [3.63, 3.8) is 0 Å². The van der Waals surface area contributed by atoms with Gasteiger partial charge in [-0.05, 0) is 73.8 Å². The molecule has 0 bridgehead atoms. The number of fused-ring (bicyclic) bond motifs is 5. The molecule has 0 saturated heterocycles. The van der Waals surface area contributed by atoms with Crippen LogP contribution < -0.4 is 0 Å². The number of Topliss-reactive ketones (excluding diaryl/α,β-unsaturated/α-hetero) is 1. The van der Waals surface area contributed by atoms with Gasteiger partial charge in [-0.1, -0.05) is 18.6 Å². The third-order valence-electron chi connectivity index (χ3n) is 7.95. The molecule has 4 aliphatic rings. The molecule has 0 spiro atoms. The number of carbonyl (C=O) groups is 2. The molecular weight excluding hydrogens is 316 g/mol. The average molecular weight is 344 g/mol. The number of allylic oxidation sites excluding steroid dienone is 4. The first-order valence-electron chi connectivity index (χ1n) is 9.59. The zero-order valence-electron chi connectivity index (χ0n) is 15.1. The van der Waals surface area contributed by atoms with E-state index in [1.807, 2.05) is 6.92 Å². The lowest BCUT2D eigenvalue weighted by atomic mass is 9.50. The molecule has 0 heterocycles. The zero-order chi connectivity index (χ0) is 18.0. The largest absolute Gasteiger partial charge is 0.394 e. The third kappa shape index (κ3) is 2.20. The molecule has 25 heavy (non-hydrogen) atoms. The number of carbonyl (C=O) groups excluding carboxylic acids is 2. The maximum absolute atomic E-state index is 12.8. The number of aliphatic hydroxyl groups is 2. The van der Waals surface area contributed by atoms with E-state index < -0.39 is 11.5 Å². The van der Waals surface area contributed by atoms with Crippen LogP contribution in [0.5, 0.6) is 0 Å². The zero-order valence-corrected chi connectivity index (χ0v) is 15.1. The first-order chi connectivity index (χ1) is 11.8. The Bertz CT molecular complexity index is 690. The van der Waals surface area contributed by atoms with Gasteiger partial charge in [0.15, 0.2) is 11.6 Å². The van der Waals surface area contributed by atoms with Gasteiger partial charge in [-0.2, -0.15) is 0 Å². The normalized spacial score (nSPS) is 44.4. The molecule has 0 amide bonds. The summed E-state index contributed by atoms with van der Waals surface area (Å²) in [6.45, 7) is 4.09. The Morgan fingerprint density at radius 3 is 2.72 bits per heavy atom.